The summed E-state index contributed by atoms with van der Waals surface area (Å²) >= 11 is 0. The van der Waals surface area contributed by atoms with Gasteiger partial charge in [0.15, 0.2) is 5.78 Å². The molecular weight excluding hydrogens is 328 g/mol. The number of hydrogen-bond donors (Lipinski definition) is 1. The summed E-state index contributed by atoms with van der Waals surface area (Å²) in [7, 11) is 3.89. The maximum Gasteiger partial charge on any atom is 0.316 e. The van der Waals surface area contributed by atoms with E-state index in [-0.39, 0.29) is 6.42 Å². The van der Waals surface area contributed by atoms with Gasteiger partial charge < -0.3 is 19.3 Å². The van der Waals surface area contributed by atoms with Crippen LogP contribution in [-0.2, 0) is 23.9 Å². The van der Waals surface area contributed by atoms with Crippen LogP contribution in [0.2, 0.25) is 0 Å². The van der Waals surface area contributed by atoms with E-state index in [4.69, 9.17) is 14.2 Å². The van der Waals surface area contributed by atoms with Crippen LogP contribution in [-0.4, -0.2) is 49.8 Å². The average molecular weight is 350 g/mol. The Morgan fingerprint density at radius 2 is 1.64 bits per heavy atom. The summed E-state index contributed by atoms with van der Waals surface area (Å²) in [6.45, 7) is 1.40. The van der Waals surface area contributed by atoms with E-state index >= 15 is 0 Å². The molecule has 0 saturated heterocycles. The van der Waals surface area contributed by atoms with Gasteiger partial charge >= 0.3 is 11.9 Å². The van der Waals surface area contributed by atoms with Gasteiger partial charge in [-0.3, -0.25) is 14.4 Å². The summed E-state index contributed by atoms with van der Waals surface area (Å²) in [5.41, 5.74) is -1.10. The lowest BCUT2D eigenvalue weighted by Crippen LogP contribution is -2.55. The van der Waals surface area contributed by atoms with Crippen LogP contribution < -0.4 is 4.74 Å². The number of benzene rings is 1. The van der Waals surface area contributed by atoms with E-state index in [1.807, 2.05) is 0 Å². The van der Waals surface area contributed by atoms with E-state index in [9.17, 15) is 19.5 Å². The fraction of sp³-hybridized carbons (Fsp3) is 0.500. The molecule has 2 rings (SSSR count). The van der Waals surface area contributed by atoms with Gasteiger partial charge in [-0.2, -0.15) is 0 Å². The van der Waals surface area contributed by atoms with Gasteiger partial charge in [0.2, 0.25) is 0 Å². The third-order valence-corrected chi connectivity index (χ3v) is 4.68. The molecule has 0 aliphatic heterocycles. The lowest BCUT2D eigenvalue weighted by atomic mass is 9.62. The van der Waals surface area contributed by atoms with Gasteiger partial charge in [-0.15, -0.1) is 0 Å². The van der Waals surface area contributed by atoms with Crippen LogP contribution in [0.25, 0.3) is 0 Å². The first-order valence-electron chi connectivity index (χ1n) is 7.81. The third-order valence-electron chi connectivity index (χ3n) is 4.68. The SMILES string of the molecule is COC(=O)[C@H]1C(=O)C[C@](C)(O)[C@@H](C(=O)OC)[C@H]1c1ccc(OC)cc1. The zero-order valence-electron chi connectivity index (χ0n) is 14.6. The summed E-state index contributed by atoms with van der Waals surface area (Å²) in [5.74, 6) is -4.50. The van der Waals surface area contributed by atoms with Crippen LogP contribution in [0.5, 0.6) is 5.75 Å². The summed E-state index contributed by atoms with van der Waals surface area (Å²) in [4.78, 5) is 37.2. The maximum absolute atomic E-state index is 12.5. The quantitative estimate of drug-likeness (QED) is 0.641. The summed E-state index contributed by atoms with van der Waals surface area (Å²) < 4.78 is 14.7. The van der Waals surface area contributed by atoms with Gasteiger partial charge in [-0.1, -0.05) is 12.1 Å². The Kier molecular flexibility index (Phi) is 5.47. The first kappa shape index (κ1) is 18.9. The van der Waals surface area contributed by atoms with Crippen molar-refractivity contribution in [3.05, 3.63) is 29.8 Å². The zero-order chi connectivity index (χ0) is 18.8. The second kappa shape index (κ2) is 7.23. The predicted octanol–water partition coefficient (Wildman–Crippen LogP) is 1.08. The molecule has 0 aromatic heterocycles. The monoisotopic (exact) mass is 350 g/mol. The molecule has 0 unspecified atom stereocenters. The molecule has 4 atom stereocenters. The number of Topliss-reactive ketones (excluding diaryl/α,β-unsaturated/α-hetero) is 1. The number of aliphatic hydroxyl groups is 1. The van der Waals surface area contributed by atoms with Gasteiger partial charge in [0.25, 0.3) is 0 Å². The van der Waals surface area contributed by atoms with E-state index in [0.717, 1.165) is 0 Å². The van der Waals surface area contributed by atoms with Gasteiger partial charge in [0.1, 0.15) is 11.7 Å². The highest BCUT2D eigenvalue weighted by atomic mass is 16.5. The van der Waals surface area contributed by atoms with Crippen LogP contribution in [0.1, 0.15) is 24.8 Å². The average Bonchev–Trinajstić information content (AvgIpc) is 2.59. The minimum atomic E-state index is -1.64. The van der Waals surface area contributed by atoms with Crippen molar-refractivity contribution in [2.45, 2.75) is 24.9 Å². The van der Waals surface area contributed by atoms with E-state index in [0.29, 0.717) is 11.3 Å². The molecule has 1 N–H and O–H groups in total. The highest BCUT2D eigenvalue weighted by molar-refractivity contribution is 6.02. The summed E-state index contributed by atoms with van der Waals surface area (Å²) in [6.07, 6.45) is -0.334. The molecule has 1 aliphatic rings. The van der Waals surface area contributed by atoms with Crippen LogP contribution in [0.3, 0.4) is 0 Å². The minimum Gasteiger partial charge on any atom is -0.497 e. The lowest BCUT2D eigenvalue weighted by Gasteiger charge is -2.43. The highest BCUT2D eigenvalue weighted by Crippen LogP contribution is 2.46. The molecular formula is C18H22O7. The van der Waals surface area contributed by atoms with Crippen molar-refractivity contribution in [3.63, 3.8) is 0 Å². The lowest BCUT2D eigenvalue weighted by molar-refractivity contribution is -0.170. The van der Waals surface area contributed by atoms with E-state index in [1.165, 1.54) is 28.3 Å². The fourth-order valence-electron chi connectivity index (χ4n) is 3.50. The zero-order valence-corrected chi connectivity index (χ0v) is 14.6. The molecule has 1 aliphatic carbocycles. The first-order valence-corrected chi connectivity index (χ1v) is 7.81. The second-order valence-corrected chi connectivity index (χ2v) is 6.30. The number of ketones is 1. The fourth-order valence-corrected chi connectivity index (χ4v) is 3.50. The van der Waals surface area contributed by atoms with Gasteiger partial charge in [0.05, 0.1) is 32.8 Å². The summed E-state index contributed by atoms with van der Waals surface area (Å²) in [6, 6.07) is 6.63. The Labute approximate surface area is 145 Å². The molecule has 0 radical (unpaired) electrons. The van der Waals surface area contributed by atoms with Crippen molar-refractivity contribution in [1.29, 1.82) is 0 Å². The van der Waals surface area contributed by atoms with Crippen molar-refractivity contribution < 1.29 is 33.7 Å². The molecule has 25 heavy (non-hydrogen) atoms. The number of ether oxygens (including phenoxy) is 3. The van der Waals surface area contributed by atoms with E-state index < -0.39 is 41.1 Å². The van der Waals surface area contributed by atoms with Crippen molar-refractivity contribution in [2.24, 2.45) is 11.8 Å². The largest absolute Gasteiger partial charge is 0.497 e. The van der Waals surface area contributed by atoms with Crippen LogP contribution >= 0.6 is 0 Å². The van der Waals surface area contributed by atoms with Gasteiger partial charge in [-0.05, 0) is 24.6 Å². The molecule has 0 bridgehead atoms. The number of hydrogen-bond acceptors (Lipinski definition) is 7. The molecule has 136 valence electrons. The summed E-state index contributed by atoms with van der Waals surface area (Å²) in [5, 5.41) is 10.7. The molecule has 1 aromatic rings. The highest BCUT2D eigenvalue weighted by Gasteiger charge is 2.56. The normalized spacial score (nSPS) is 29.0. The van der Waals surface area contributed by atoms with Crippen LogP contribution in [0, 0.1) is 11.8 Å². The first-order chi connectivity index (χ1) is 11.8. The van der Waals surface area contributed by atoms with Crippen LogP contribution in [0.15, 0.2) is 24.3 Å². The van der Waals surface area contributed by atoms with Crippen molar-refractivity contribution in [3.8, 4) is 5.75 Å². The maximum atomic E-state index is 12.5. The molecule has 1 fully saturated rings. The third kappa shape index (κ3) is 3.51. The van der Waals surface area contributed by atoms with E-state index in [1.54, 1.807) is 24.3 Å². The molecule has 0 amide bonds. The number of methoxy groups -OCH3 is 3. The number of esters is 2. The minimum absolute atomic E-state index is 0.334. The molecule has 7 nitrogen and oxygen atoms in total. The smallest absolute Gasteiger partial charge is 0.316 e. The number of rotatable bonds is 4. The number of carbonyl (C=O) groups excluding carboxylic acids is 3. The Morgan fingerprint density at radius 1 is 1.08 bits per heavy atom. The van der Waals surface area contributed by atoms with Crippen molar-refractivity contribution in [1.82, 2.24) is 0 Å². The van der Waals surface area contributed by atoms with Gasteiger partial charge in [-0.25, -0.2) is 0 Å². The predicted molar refractivity (Wildman–Crippen MR) is 87.0 cm³/mol. The molecule has 1 aromatic carbocycles. The Hall–Kier alpha value is -2.41. The van der Waals surface area contributed by atoms with Crippen LogP contribution in [0.4, 0.5) is 0 Å². The van der Waals surface area contributed by atoms with Gasteiger partial charge in [0, 0.05) is 12.3 Å². The standard InChI is InChI=1S/C18H22O7/c1-18(22)9-12(19)14(16(20)24-3)13(15(18)17(21)25-4)10-5-7-11(23-2)8-6-10/h5-8,13-15,22H,9H2,1-4H3/t13-,14-,15+,18-/m0/s1. The Morgan fingerprint density at radius 3 is 2.12 bits per heavy atom. The Balaban J connectivity index is 2.61. The van der Waals surface area contributed by atoms with E-state index in [2.05, 4.69) is 0 Å². The second-order valence-electron chi connectivity index (χ2n) is 6.30. The molecule has 7 heteroatoms. The number of carbonyl (C=O) groups is 3. The Bertz CT molecular complexity index is 663. The van der Waals surface area contributed by atoms with Crippen molar-refractivity contribution >= 4 is 17.7 Å². The molecule has 0 spiro atoms. The molecule has 0 heterocycles. The topological polar surface area (TPSA) is 99.1 Å². The molecule has 1 saturated carbocycles. The van der Waals surface area contributed by atoms with Crippen molar-refractivity contribution in [2.75, 3.05) is 21.3 Å².